The summed E-state index contributed by atoms with van der Waals surface area (Å²) >= 11 is 0. The highest BCUT2D eigenvalue weighted by Crippen LogP contribution is 2.34. The van der Waals surface area contributed by atoms with Crippen LogP contribution in [0, 0.1) is 5.92 Å². The third-order valence-electron chi connectivity index (χ3n) is 3.61. The van der Waals surface area contributed by atoms with Gasteiger partial charge in [-0.25, -0.2) is 0 Å². The molecule has 0 aliphatic carbocycles. The first-order chi connectivity index (χ1) is 9.29. The van der Waals surface area contributed by atoms with Crippen LogP contribution in [0.5, 0.6) is 5.75 Å². The van der Waals surface area contributed by atoms with Gasteiger partial charge in [-0.1, -0.05) is 19.1 Å². The summed E-state index contributed by atoms with van der Waals surface area (Å²) in [5.74, 6) is 2.30. The monoisotopic (exact) mass is 255 g/mol. The van der Waals surface area contributed by atoms with Crippen LogP contribution in [0.1, 0.15) is 18.5 Å². The molecule has 2 aliphatic rings. The summed E-state index contributed by atoms with van der Waals surface area (Å²) in [6.07, 6.45) is 5.64. The minimum Gasteiger partial charge on any atom is -0.497 e. The molecule has 0 N–H and O–H groups in total. The minimum atomic E-state index is 0.307. The predicted molar refractivity (Wildman–Crippen MR) is 76.7 cm³/mol. The number of ether oxygens (including phenoxy) is 1. The van der Waals surface area contributed by atoms with E-state index in [9.17, 15) is 0 Å². The Kier molecular flexibility index (Phi) is 3.07. The molecule has 2 heterocycles. The molecule has 2 aliphatic heterocycles. The van der Waals surface area contributed by atoms with Crippen LogP contribution >= 0.6 is 0 Å². The molecule has 1 aromatic rings. The van der Waals surface area contributed by atoms with Gasteiger partial charge in [0.1, 0.15) is 11.6 Å². The van der Waals surface area contributed by atoms with Gasteiger partial charge < -0.3 is 9.64 Å². The fourth-order valence-electron chi connectivity index (χ4n) is 2.62. The van der Waals surface area contributed by atoms with E-state index >= 15 is 0 Å². The number of rotatable bonds is 2. The van der Waals surface area contributed by atoms with Gasteiger partial charge in [0.05, 0.1) is 19.4 Å². The van der Waals surface area contributed by atoms with Gasteiger partial charge >= 0.3 is 0 Å². The molecule has 4 heteroatoms. The fourth-order valence-corrected chi connectivity index (χ4v) is 2.62. The van der Waals surface area contributed by atoms with E-state index in [4.69, 9.17) is 4.74 Å². The normalized spacial score (nSPS) is 24.9. The van der Waals surface area contributed by atoms with E-state index in [1.807, 2.05) is 30.7 Å². The zero-order valence-electron chi connectivity index (χ0n) is 11.2. The van der Waals surface area contributed by atoms with Gasteiger partial charge in [0.25, 0.3) is 0 Å². The highest BCUT2D eigenvalue weighted by Gasteiger charge is 2.31. The van der Waals surface area contributed by atoms with Crippen LogP contribution in [0.2, 0.25) is 0 Å². The summed E-state index contributed by atoms with van der Waals surface area (Å²) in [6.45, 7) is 3.07. The lowest BCUT2D eigenvalue weighted by molar-refractivity contribution is 0.288. The van der Waals surface area contributed by atoms with E-state index < -0.39 is 0 Å². The molecule has 4 nitrogen and oxygen atoms in total. The Labute approximate surface area is 113 Å². The zero-order chi connectivity index (χ0) is 13.2. The second-order valence-corrected chi connectivity index (χ2v) is 4.88. The molecule has 0 saturated heterocycles. The van der Waals surface area contributed by atoms with Crippen molar-refractivity contribution < 1.29 is 4.74 Å². The van der Waals surface area contributed by atoms with Crippen LogP contribution in [0.15, 0.2) is 46.7 Å². The number of benzene rings is 1. The van der Waals surface area contributed by atoms with Crippen LogP contribution < -0.4 is 4.74 Å². The Morgan fingerprint density at radius 2 is 2.05 bits per heavy atom. The molecule has 0 bridgehead atoms. The summed E-state index contributed by atoms with van der Waals surface area (Å²) in [7, 11) is 1.69. The fraction of sp³-hybridized carbons (Fsp3) is 0.333. The SMILES string of the molecule is COc1ccc(C2C(C)CN=C3C=NC=CN32)cc1. The average Bonchev–Trinajstić information content (AvgIpc) is 2.47. The van der Waals surface area contributed by atoms with Gasteiger partial charge in [0.15, 0.2) is 0 Å². The maximum atomic E-state index is 5.22. The highest BCUT2D eigenvalue weighted by atomic mass is 16.5. The van der Waals surface area contributed by atoms with E-state index in [0.29, 0.717) is 12.0 Å². The summed E-state index contributed by atoms with van der Waals surface area (Å²) < 4.78 is 5.22. The average molecular weight is 255 g/mol. The number of amidine groups is 1. The minimum absolute atomic E-state index is 0.307. The van der Waals surface area contributed by atoms with Crippen LogP contribution in [0.25, 0.3) is 0 Å². The van der Waals surface area contributed by atoms with Crippen LogP contribution in [0.3, 0.4) is 0 Å². The molecule has 0 spiro atoms. The standard InChI is InChI=1S/C15H17N3O/c1-11-9-17-14-10-16-7-8-18(14)15(11)12-3-5-13(19-2)6-4-12/h3-8,10-11,15H,9H2,1-2H3. The number of hydrogen-bond donors (Lipinski definition) is 0. The van der Waals surface area contributed by atoms with E-state index in [1.54, 1.807) is 7.11 Å². The first kappa shape index (κ1) is 12.0. The topological polar surface area (TPSA) is 37.2 Å². The first-order valence-corrected chi connectivity index (χ1v) is 6.46. The maximum Gasteiger partial charge on any atom is 0.146 e. The molecule has 1 aromatic carbocycles. The maximum absolute atomic E-state index is 5.22. The van der Waals surface area contributed by atoms with Crippen molar-refractivity contribution >= 4 is 12.1 Å². The van der Waals surface area contributed by atoms with Crippen molar-refractivity contribution in [2.45, 2.75) is 13.0 Å². The van der Waals surface area contributed by atoms with Gasteiger partial charge in [-0.05, 0) is 17.7 Å². The van der Waals surface area contributed by atoms with Gasteiger partial charge in [-0.3, -0.25) is 9.98 Å². The van der Waals surface area contributed by atoms with E-state index in [-0.39, 0.29) is 0 Å². The van der Waals surface area contributed by atoms with Crippen LogP contribution in [0.4, 0.5) is 0 Å². The first-order valence-electron chi connectivity index (χ1n) is 6.46. The van der Waals surface area contributed by atoms with Gasteiger partial charge in [-0.2, -0.15) is 0 Å². The summed E-state index contributed by atoms with van der Waals surface area (Å²) in [6, 6.07) is 8.58. The van der Waals surface area contributed by atoms with Crippen molar-refractivity contribution in [3.8, 4) is 5.75 Å². The summed E-state index contributed by atoms with van der Waals surface area (Å²) in [4.78, 5) is 10.9. The quantitative estimate of drug-likeness (QED) is 0.814. The lowest BCUT2D eigenvalue weighted by Gasteiger charge is -2.38. The molecule has 2 unspecified atom stereocenters. The third kappa shape index (κ3) is 2.14. The van der Waals surface area contributed by atoms with Crippen LogP contribution in [-0.4, -0.2) is 30.6 Å². The highest BCUT2D eigenvalue weighted by molar-refractivity contribution is 6.30. The molecule has 2 atom stereocenters. The van der Waals surface area contributed by atoms with E-state index in [1.165, 1.54) is 5.56 Å². The Morgan fingerprint density at radius 1 is 1.26 bits per heavy atom. The van der Waals surface area contributed by atoms with Crippen molar-refractivity contribution in [2.24, 2.45) is 15.9 Å². The molecule has 0 fully saturated rings. The zero-order valence-corrected chi connectivity index (χ0v) is 11.2. The number of fused-ring (bicyclic) bond motifs is 1. The smallest absolute Gasteiger partial charge is 0.146 e. The lowest BCUT2D eigenvalue weighted by Crippen LogP contribution is -2.40. The Hall–Kier alpha value is -2.10. The van der Waals surface area contributed by atoms with Gasteiger partial charge in [0.2, 0.25) is 0 Å². The number of methoxy groups -OCH3 is 1. The van der Waals surface area contributed by atoms with Crippen LogP contribution in [-0.2, 0) is 0 Å². The van der Waals surface area contributed by atoms with E-state index in [2.05, 4.69) is 33.9 Å². The largest absolute Gasteiger partial charge is 0.497 e. The second kappa shape index (κ2) is 4.88. The predicted octanol–water partition coefficient (Wildman–Crippen LogP) is 2.64. The molecular weight excluding hydrogens is 238 g/mol. The molecule has 0 amide bonds. The molecule has 0 aromatic heterocycles. The second-order valence-electron chi connectivity index (χ2n) is 4.88. The van der Waals surface area contributed by atoms with Crippen molar-refractivity contribution in [2.75, 3.05) is 13.7 Å². The van der Waals surface area contributed by atoms with Gasteiger partial charge in [0, 0.05) is 24.9 Å². The Balaban J connectivity index is 1.95. The lowest BCUT2D eigenvalue weighted by atomic mass is 9.91. The number of nitrogens with zero attached hydrogens (tertiary/aromatic N) is 3. The number of hydrogen-bond acceptors (Lipinski definition) is 4. The van der Waals surface area contributed by atoms with Gasteiger partial charge in [-0.15, -0.1) is 0 Å². The molecule has 0 saturated carbocycles. The third-order valence-corrected chi connectivity index (χ3v) is 3.61. The van der Waals surface area contributed by atoms with E-state index in [0.717, 1.165) is 18.1 Å². The van der Waals surface area contributed by atoms with Crippen molar-refractivity contribution in [1.29, 1.82) is 0 Å². The number of aliphatic imine (C=N–C) groups is 2. The Bertz CT molecular complexity index is 545. The molecule has 3 rings (SSSR count). The summed E-state index contributed by atoms with van der Waals surface area (Å²) in [5, 5.41) is 0. The molecule has 98 valence electrons. The van der Waals surface area contributed by atoms with Crippen molar-refractivity contribution in [1.82, 2.24) is 4.90 Å². The van der Waals surface area contributed by atoms with Crippen molar-refractivity contribution in [3.63, 3.8) is 0 Å². The summed E-state index contributed by atoms with van der Waals surface area (Å²) in [5.41, 5.74) is 1.28. The Morgan fingerprint density at radius 3 is 2.79 bits per heavy atom. The molecule has 0 radical (unpaired) electrons. The molecule has 19 heavy (non-hydrogen) atoms. The van der Waals surface area contributed by atoms with Crippen molar-refractivity contribution in [3.05, 3.63) is 42.2 Å². The molecular formula is C15H17N3O.